The van der Waals surface area contributed by atoms with Crippen molar-refractivity contribution in [1.29, 1.82) is 0 Å². The summed E-state index contributed by atoms with van der Waals surface area (Å²) in [5.41, 5.74) is 4.41. The van der Waals surface area contributed by atoms with E-state index in [-0.39, 0.29) is 28.5 Å². The smallest absolute Gasteiger partial charge is 0.340 e. The molecule has 184 valence electrons. The molecule has 2 amide bonds. The average Bonchev–Trinajstić information content (AvgIpc) is 3.07. The number of amides is 2. The molecule has 0 fully saturated rings. The number of para-hydroxylation sites is 1. The normalized spacial score (nSPS) is 13.4. The van der Waals surface area contributed by atoms with Gasteiger partial charge in [0.1, 0.15) is 10.6 Å². The third-order valence-corrected chi connectivity index (χ3v) is 6.67. The SMILES string of the molecule is CCCOC(=O)c1ccccc1N1C(=O)C(Nc2cc(C)cc(C)c2)=C(Sc2ccc(C)cc2)C1=O. The fourth-order valence-corrected chi connectivity index (χ4v) is 4.89. The first kappa shape index (κ1) is 25.3. The zero-order chi connectivity index (χ0) is 25.8. The van der Waals surface area contributed by atoms with Gasteiger partial charge in [-0.1, -0.05) is 54.6 Å². The number of rotatable bonds is 8. The van der Waals surface area contributed by atoms with E-state index in [0.717, 1.165) is 26.5 Å². The maximum absolute atomic E-state index is 13.8. The number of imide groups is 1. The Kier molecular flexibility index (Phi) is 7.60. The number of aryl methyl sites for hydroxylation is 3. The molecule has 0 saturated carbocycles. The second kappa shape index (κ2) is 10.8. The molecule has 3 aromatic rings. The average molecular weight is 501 g/mol. The number of nitrogens with zero attached hydrogens (tertiary/aromatic N) is 1. The number of hydrogen-bond donors (Lipinski definition) is 1. The second-order valence-corrected chi connectivity index (χ2v) is 9.80. The predicted octanol–water partition coefficient (Wildman–Crippen LogP) is 6.17. The monoisotopic (exact) mass is 500 g/mol. The van der Waals surface area contributed by atoms with E-state index in [1.807, 2.05) is 70.2 Å². The number of benzene rings is 3. The quantitative estimate of drug-likeness (QED) is 0.295. The number of thioether (sulfide) groups is 1. The molecule has 1 heterocycles. The molecule has 0 atom stereocenters. The minimum atomic E-state index is -0.573. The van der Waals surface area contributed by atoms with E-state index in [0.29, 0.717) is 12.1 Å². The highest BCUT2D eigenvalue weighted by molar-refractivity contribution is 8.04. The van der Waals surface area contributed by atoms with Gasteiger partial charge in [-0.25, -0.2) is 9.69 Å². The molecule has 0 aliphatic carbocycles. The van der Waals surface area contributed by atoms with Gasteiger partial charge in [-0.3, -0.25) is 9.59 Å². The van der Waals surface area contributed by atoms with E-state index in [4.69, 9.17) is 4.74 Å². The molecule has 1 N–H and O–H groups in total. The van der Waals surface area contributed by atoms with Gasteiger partial charge in [0.15, 0.2) is 0 Å². The number of nitrogens with one attached hydrogen (secondary N) is 1. The summed E-state index contributed by atoms with van der Waals surface area (Å²) < 4.78 is 5.31. The van der Waals surface area contributed by atoms with Crippen LogP contribution in [0.2, 0.25) is 0 Å². The zero-order valence-corrected chi connectivity index (χ0v) is 21.6. The molecule has 0 bridgehead atoms. The molecule has 1 aliphatic rings. The van der Waals surface area contributed by atoms with Crippen LogP contribution in [0.25, 0.3) is 0 Å². The van der Waals surface area contributed by atoms with Crippen molar-refractivity contribution in [2.45, 2.75) is 39.0 Å². The van der Waals surface area contributed by atoms with Gasteiger partial charge < -0.3 is 10.1 Å². The van der Waals surface area contributed by atoms with Crippen LogP contribution in [0.4, 0.5) is 11.4 Å². The van der Waals surface area contributed by atoms with E-state index < -0.39 is 17.8 Å². The van der Waals surface area contributed by atoms with Gasteiger partial charge in [-0.15, -0.1) is 0 Å². The Hall–Kier alpha value is -3.84. The largest absolute Gasteiger partial charge is 0.462 e. The summed E-state index contributed by atoms with van der Waals surface area (Å²) in [5, 5.41) is 3.20. The minimum absolute atomic E-state index is 0.167. The van der Waals surface area contributed by atoms with Crippen molar-refractivity contribution in [3.05, 3.63) is 99.6 Å². The standard InChI is InChI=1S/C29H28N2O4S/c1-5-14-35-29(34)23-8-6-7-9-24(23)31-27(32)25(30-21-16-19(3)15-20(4)17-21)26(28(31)33)36-22-12-10-18(2)11-13-22/h6-13,15-17,30H,5,14H2,1-4H3. The molecule has 0 saturated heterocycles. The van der Waals surface area contributed by atoms with Gasteiger partial charge in [0.25, 0.3) is 11.8 Å². The van der Waals surface area contributed by atoms with E-state index in [2.05, 4.69) is 5.32 Å². The van der Waals surface area contributed by atoms with Crippen molar-refractivity contribution < 1.29 is 19.1 Å². The van der Waals surface area contributed by atoms with Crippen molar-refractivity contribution >= 4 is 40.9 Å². The number of anilines is 2. The Morgan fingerprint density at radius 3 is 2.22 bits per heavy atom. The summed E-state index contributed by atoms with van der Waals surface area (Å²) in [6, 6.07) is 20.1. The van der Waals surface area contributed by atoms with Crippen LogP contribution in [0.3, 0.4) is 0 Å². The lowest BCUT2D eigenvalue weighted by atomic mass is 10.1. The number of hydrogen-bond acceptors (Lipinski definition) is 6. The molecule has 4 rings (SSSR count). The summed E-state index contributed by atoms with van der Waals surface area (Å²) in [5.74, 6) is -1.59. The topological polar surface area (TPSA) is 75.7 Å². The number of carbonyl (C=O) groups excluding carboxylic acids is 3. The van der Waals surface area contributed by atoms with Crippen LogP contribution in [0.1, 0.15) is 40.4 Å². The van der Waals surface area contributed by atoms with Gasteiger partial charge in [-0.05, 0) is 74.7 Å². The molecule has 1 aliphatic heterocycles. The highest BCUT2D eigenvalue weighted by Gasteiger charge is 2.41. The van der Waals surface area contributed by atoms with Crippen molar-refractivity contribution in [3.8, 4) is 0 Å². The lowest BCUT2D eigenvalue weighted by Crippen LogP contribution is -2.33. The first-order valence-corrected chi connectivity index (χ1v) is 12.6. The summed E-state index contributed by atoms with van der Waals surface area (Å²) >= 11 is 1.22. The summed E-state index contributed by atoms with van der Waals surface area (Å²) in [7, 11) is 0. The van der Waals surface area contributed by atoms with Gasteiger partial charge in [0, 0.05) is 10.6 Å². The number of carbonyl (C=O) groups is 3. The third-order valence-electron chi connectivity index (χ3n) is 5.58. The zero-order valence-electron chi connectivity index (χ0n) is 20.8. The molecule has 0 aromatic heterocycles. The highest BCUT2D eigenvalue weighted by Crippen LogP contribution is 2.39. The van der Waals surface area contributed by atoms with Crippen molar-refractivity contribution in [3.63, 3.8) is 0 Å². The van der Waals surface area contributed by atoms with Crippen LogP contribution in [0, 0.1) is 20.8 Å². The van der Waals surface area contributed by atoms with E-state index in [9.17, 15) is 14.4 Å². The first-order chi connectivity index (χ1) is 17.3. The summed E-state index contributed by atoms with van der Waals surface area (Å²) in [6.07, 6.45) is 0.665. The minimum Gasteiger partial charge on any atom is -0.462 e. The Labute approximate surface area is 215 Å². The van der Waals surface area contributed by atoms with Gasteiger partial charge in [0.05, 0.1) is 17.9 Å². The molecular formula is C29H28N2O4S. The van der Waals surface area contributed by atoms with Crippen molar-refractivity contribution in [2.24, 2.45) is 0 Å². The van der Waals surface area contributed by atoms with Crippen molar-refractivity contribution in [1.82, 2.24) is 0 Å². The number of esters is 1. The van der Waals surface area contributed by atoms with Crippen LogP contribution >= 0.6 is 11.8 Å². The van der Waals surface area contributed by atoms with Crippen LogP contribution in [-0.2, 0) is 14.3 Å². The lowest BCUT2D eigenvalue weighted by Gasteiger charge is -2.18. The lowest BCUT2D eigenvalue weighted by molar-refractivity contribution is -0.120. The summed E-state index contributed by atoms with van der Waals surface area (Å²) in [4.78, 5) is 42.4. The van der Waals surface area contributed by atoms with E-state index >= 15 is 0 Å². The second-order valence-electron chi connectivity index (χ2n) is 8.72. The van der Waals surface area contributed by atoms with Crippen LogP contribution < -0.4 is 10.2 Å². The Balaban J connectivity index is 1.77. The molecule has 3 aromatic carbocycles. The maximum Gasteiger partial charge on any atom is 0.340 e. The van der Waals surface area contributed by atoms with Crippen molar-refractivity contribution in [2.75, 3.05) is 16.8 Å². The predicted molar refractivity (Wildman–Crippen MR) is 143 cm³/mol. The number of ether oxygens (including phenoxy) is 1. The molecule has 0 spiro atoms. The van der Waals surface area contributed by atoms with Crippen LogP contribution in [0.15, 0.2) is 82.2 Å². The van der Waals surface area contributed by atoms with Gasteiger partial charge >= 0.3 is 5.97 Å². The summed E-state index contributed by atoms with van der Waals surface area (Å²) in [6.45, 7) is 8.08. The molecule has 6 nitrogen and oxygen atoms in total. The Morgan fingerprint density at radius 1 is 0.889 bits per heavy atom. The van der Waals surface area contributed by atoms with E-state index in [1.54, 1.807) is 24.3 Å². The molecule has 7 heteroatoms. The molecule has 36 heavy (non-hydrogen) atoms. The molecule has 0 radical (unpaired) electrons. The van der Waals surface area contributed by atoms with Gasteiger partial charge in [-0.2, -0.15) is 0 Å². The maximum atomic E-state index is 13.8. The fourth-order valence-electron chi connectivity index (χ4n) is 3.96. The Morgan fingerprint density at radius 2 is 1.56 bits per heavy atom. The first-order valence-electron chi connectivity index (χ1n) is 11.8. The van der Waals surface area contributed by atoms with Crippen LogP contribution in [-0.4, -0.2) is 24.4 Å². The molecule has 0 unspecified atom stereocenters. The highest BCUT2D eigenvalue weighted by atomic mass is 32.2. The fraction of sp³-hybridized carbons (Fsp3) is 0.207. The van der Waals surface area contributed by atoms with Crippen LogP contribution in [0.5, 0.6) is 0 Å². The molecular weight excluding hydrogens is 472 g/mol. The van der Waals surface area contributed by atoms with E-state index in [1.165, 1.54) is 11.8 Å². The Bertz CT molecular complexity index is 1340. The third kappa shape index (κ3) is 5.36. The van der Waals surface area contributed by atoms with Gasteiger partial charge in [0.2, 0.25) is 0 Å².